The number of pyridine rings is 1. The van der Waals surface area contributed by atoms with Crippen LogP contribution in [0.25, 0.3) is 0 Å². The van der Waals surface area contributed by atoms with Crippen molar-refractivity contribution in [3.63, 3.8) is 0 Å². The Morgan fingerprint density at radius 1 is 1.07 bits per heavy atom. The molecular formula is C20H23N3O4. The van der Waals surface area contributed by atoms with Crippen LogP contribution in [0.3, 0.4) is 0 Å². The van der Waals surface area contributed by atoms with Crippen LogP contribution < -0.4 is 14.8 Å². The van der Waals surface area contributed by atoms with Gasteiger partial charge in [0.15, 0.2) is 0 Å². The molecule has 1 saturated heterocycles. The molecule has 27 heavy (non-hydrogen) atoms. The summed E-state index contributed by atoms with van der Waals surface area (Å²) < 4.78 is 10.3. The van der Waals surface area contributed by atoms with Crippen molar-refractivity contribution in [3.05, 3.63) is 48.2 Å². The number of piperidine rings is 1. The number of hydrogen-bond acceptors (Lipinski definition) is 5. The Kier molecular flexibility index (Phi) is 5.90. The van der Waals surface area contributed by atoms with E-state index in [1.165, 1.54) is 13.3 Å². The van der Waals surface area contributed by atoms with Gasteiger partial charge in [-0.05, 0) is 31.0 Å². The molecule has 1 aromatic heterocycles. The molecular weight excluding hydrogens is 346 g/mol. The lowest BCUT2D eigenvalue weighted by Crippen LogP contribution is -2.41. The zero-order chi connectivity index (χ0) is 19.2. The maximum Gasteiger partial charge on any atom is 0.255 e. The average molecular weight is 369 g/mol. The first-order valence-corrected chi connectivity index (χ1v) is 8.85. The molecule has 7 nitrogen and oxygen atoms in total. The normalized spacial score (nSPS) is 14.5. The van der Waals surface area contributed by atoms with E-state index in [4.69, 9.17) is 9.47 Å². The molecule has 0 unspecified atom stereocenters. The molecule has 1 fully saturated rings. The van der Waals surface area contributed by atoms with Crippen molar-refractivity contribution < 1.29 is 19.1 Å². The van der Waals surface area contributed by atoms with Gasteiger partial charge in [0.2, 0.25) is 11.8 Å². The molecule has 0 saturated carbocycles. The topological polar surface area (TPSA) is 80.8 Å². The Balaban J connectivity index is 1.56. The van der Waals surface area contributed by atoms with Crippen LogP contribution in [0.4, 0.5) is 5.69 Å². The number of amides is 2. The zero-order valence-electron chi connectivity index (χ0n) is 15.5. The van der Waals surface area contributed by atoms with E-state index in [1.807, 2.05) is 18.2 Å². The van der Waals surface area contributed by atoms with Crippen molar-refractivity contribution >= 4 is 17.5 Å². The van der Waals surface area contributed by atoms with Crippen LogP contribution >= 0.6 is 0 Å². The summed E-state index contributed by atoms with van der Waals surface area (Å²) in [6, 6.07) is 10.7. The first-order chi connectivity index (χ1) is 13.1. The number of ether oxygens (including phenoxy) is 2. The summed E-state index contributed by atoms with van der Waals surface area (Å²) in [6.45, 7) is 1.07. The van der Waals surface area contributed by atoms with Crippen molar-refractivity contribution in [2.75, 3.05) is 32.6 Å². The Labute approximate surface area is 158 Å². The number of methoxy groups -OCH3 is 2. The van der Waals surface area contributed by atoms with Crippen LogP contribution in [-0.4, -0.2) is 49.0 Å². The molecule has 0 spiro atoms. The lowest BCUT2D eigenvalue weighted by atomic mass is 9.95. The van der Waals surface area contributed by atoms with Gasteiger partial charge in [-0.25, -0.2) is 4.98 Å². The first kappa shape index (κ1) is 18.7. The largest absolute Gasteiger partial charge is 0.495 e. The van der Waals surface area contributed by atoms with Crippen molar-refractivity contribution in [2.24, 2.45) is 5.92 Å². The van der Waals surface area contributed by atoms with Gasteiger partial charge in [-0.1, -0.05) is 12.1 Å². The molecule has 0 aliphatic carbocycles. The fourth-order valence-corrected chi connectivity index (χ4v) is 3.14. The van der Waals surface area contributed by atoms with Gasteiger partial charge in [0.1, 0.15) is 5.75 Å². The van der Waals surface area contributed by atoms with Gasteiger partial charge in [0.25, 0.3) is 5.91 Å². The van der Waals surface area contributed by atoms with Crippen molar-refractivity contribution in [3.8, 4) is 11.6 Å². The number of para-hydroxylation sites is 2. The predicted molar refractivity (Wildman–Crippen MR) is 101 cm³/mol. The van der Waals surface area contributed by atoms with Crippen LogP contribution in [0.5, 0.6) is 11.6 Å². The maximum absolute atomic E-state index is 12.6. The molecule has 1 aliphatic heterocycles. The number of benzene rings is 1. The quantitative estimate of drug-likeness (QED) is 0.876. The molecule has 1 aliphatic rings. The molecule has 2 aromatic rings. The Morgan fingerprint density at radius 3 is 2.44 bits per heavy atom. The zero-order valence-corrected chi connectivity index (χ0v) is 15.5. The smallest absolute Gasteiger partial charge is 0.255 e. The third-order valence-electron chi connectivity index (χ3n) is 4.71. The Hall–Kier alpha value is -3.09. The lowest BCUT2D eigenvalue weighted by molar-refractivity contribution is -0.121. The van der Waals surface area contributed by atoms with E-state index in [0.717, 1.165) is 0 Å². The molecule has 3 rings (SSSR count). The second kappa shape index (κ2) is 8.53. The number of likely N-dealkylation sites (tertiary alicyclic amines) is 1. The van der Waals surface area contributed by atoms with Crippen LogP contribution in [0.2, 0.25) is 0 Å². The fourth-order valence-electron chi connectivity index (χ4n) is 3.14. The number of aromatic nitrogens is 1. The van der Waals surface area contributed by atoms with Crippen molar-refractivity contribution in [2.45, 2.75) is 12.8 Å². The highest BCUT2D eigenvalue weighted by atomic mass is 16.5. The van der Waals surface area contributed by atoms with Gasteiger partial charge in [0.05, 0.1) is 25.5 Å². The number of hydrogen-bond donors (Lipinski definition) is 1. The van der Waals surface area contributed by atoms with E-state index in [0.29, 0.717) is 48.8 Å². The first-order valence-electron chi connectivity index (χ1n) is 8.85. The molecule has 2 heterocycles. The summed E-state index contributed by atoms with van der Waals surface area (Å²) in [5.74, 6) is 0.850. The van der Waals surface area contributed by atoms with Crippen LogP contribution in [0.15, 0.2) is 42.6 Å². The number of carbonyl (C=O) groups is 2. The van der Waals surface area contributed by atoms with Gasteiger partial charge in [0, 0.05) is 31.3 Å². The summed E-state index contributed by atoms with van der Waals surface area (Å²) in [4.78, 5) is 31.0. The molecule has 0 bridgehead atoms. The molecule has 142 valence electrons. The van der Waals surface area contributed by atoms with E-state index >= 15 is 0 Å². The van der Waals surface area contributed by atoms with E-state index < -0.39 is 0 Å². The summed E-state index contributed by atoms with van der Waals surface area (Å²) in [5.41, 5.74) is 1.18. The van der Waals surface area contributed by atoms with E-state index in [-0.39, 0.29) is 17.7 Å². The van der Waals surface area contributed by atoms with Crippen LogP contribution in [0, 0.1) is 5.92 Å². The molecule has 1 aromatic carbocycles. The number of nitrogens with one attached hydrogen (secondary N) is 1. The van der Waals surface area contributed by atoms with Gasteiger partial charge in [-0.15, -0.1) is 0 Å². The molecule has 1 N–H and O–H groups in total. The maximum atomic E-state index is 12.6. The van der Waals surface area contributed by atoms with E-state index in [1.54, 1.807) is 30.2 Å². The Morgan fingerprint density at radius 2 is 1.81 bits per heavy atom. The second-order valence-electron chi connectivity index (χ2n) is 6.35. The third kappa shape index (κ3) is 4.36. The predicted octanol–water partition coefficient (Wildman–Crippen LogP) is 2.59. The minimum Gasteiger partial charge on any atom is -0.495 e. The second-order valence-corrected chi connectivity index (χ2v) is 6.35. The monoisotopic (exact) mass is 369 g/mol. The van der Waals surface area contributed by atoms with Gasteiger partial charge in [-0.2, -0.15) is 0 Å². The molecule has 7 heteroatoms. The van der Waals surface area contributed by atoms with E-state index in [2.05, 4.69) is 10.3 Å². The molecule has 2 amide bonds. The van der Waals surface area contributed by atoms with Gasteiger partial charge >= 0.3 is 0 Å². The highest BCUT2D eigenvalue weighted by molar-refractivity contribution is 5.95. The van der Waals surface area contributed by atoms with Crippen LogP contribution in [0.1, 0.15) is 23.2 Å². The third-order valence-corrected chi connectivity index (χ3v) is 4.71. The van der Waals surface area contributed by atoms with E-state index in [9.17, 15) is 9.59 Å². The lowest BCUT2D eigenvalue weighted by Gasteiger charge is -2.31. The molecule has 0 atom stereocenters. The van der Waals surface area contributed by atoms with Gasteiger partial charge in [-0.3, -0.25) is 9.59 Å². The minimum atomic E-state index is -0.132. The number of anilines is 1. The summed E-state index contributed by atoms with van der Waals surface area (Å²) in [5, 5.41) is 2.93. The number of nitrogens with zero attached hydrogens (tertiary/aromatic N) is 2. The minimum absolute atomic E-state index is 0.0438. The average Bonchev–Trinajstić information content (AvgIpc) is 2.73. The number of carbonyl (C=O) groups excluding carboxylic acids is 2. The molecule has 0 radical (unpaired) electrons. The van der Waals surface area contributed by atoms with Crippen LogP contribution in [-0.2, 0) is 4.79 Å². The highest BCUT2D eigenvalue weighted by Gasteiger charge is 2.28. The summed E-state index contributed by atoms with van der Waals surface area (Å²) in [7, 11) is 3.10. The van der Waals surface area contributed by atoms with Crippen molar-refractivity contribution in [1.82, 2.24) is 9.88 Å². The number of rotatable bonds is 5. The SMILES string of the molecule is COc1ccc(C(=O)N2CCC(C(=O)Nc3ccccc3OC)CC2)cn1. The standard InChI is InChI=1S/C20H23N3O4/c1-26-17-6-4-3-5-16(17)22-19(24)14-9-11-23(12-10-14)20(25)15-7-8-18(27-2)21-13-15/h3-8,13-14H,9-12H2,1-2H3,(H,22,24). The summed E-state index contributed by atoms with van der Waals surface area (Å²) >= 11 is 0. The highest BCUT2D eigenvalue weighted by Crippen LogP contribution is 2.26. The summed E-state index contributed by atoms with van der Waals surface area (Å²) in [6.07, 6.45) is 2.76. The van der Waals surface area contributed by atoms with Gasteiger partial charge < -0.3 is 19.7 Å². The Bertz CT molecular complexity index is 799. The van der Waals surface area contributed by atoms with Crippen molar-refractivity contribution in [1.29, 1.82) is 0 Å². The fraction of sp³-hybridized carbons (Fsp3) is 0.350.